The first kappa shape index (κ1) is 11.1. The molecule has 0 aliphatic rings. The highest BCUT2D eigenvalue weighted by Gasteiger charge is 2.17. The molecule has 0 aromatic carbocycles. The molecule has 0 spiro atoms. The molecule has 0 aliphatic carbocycles. The smallest absolute Gasteiger partial charge is 0.257 e. The molecular weight excluding hydrogens is 216 g/mol. The zero-order valence-corrected chi connectivity index (χ0v) is 8.11. The number of aryl methyl sites for hydroxylation is 1. The molecule has 1 aromatic heterocycles. The Kier molecular flexibility index (Phi) is 3.17. The van der Waals surface area contributed by atoms with Crippen molar-refractivity contribution in [3.63, 3.8) is 0 Å². The van der Waals surface area contributed by atoms with E-state index >= 15 is 0 Å². The molecule has 0 atom stereocenters. The fourth-order valence-electron chi connectivity index (χ4n) is 0.785. The number of hydrogen-bond donors (Lipinski definition) is 2. The predicted molar refractivity (Wildman–Crippen MR) is 44.5 cm³/mol. The van der Waals surface area contributed by atoms with Gasteiger partial charge in [0.1, 0.15) is 5.82 Å². The van der Waals surface area contributed by atoms with Crippen molar-refractivity contribution < 1.29 is 17.2 Å². The monoisotopic (exact) mass is 225 g/mol. The fraction of sp³-hybridized carbons (Fsp3) is 0.500. The van der Waals surface area contributed by atoms with Crippen LogP contribution in [0, 0.1) is 6.92 Å². The van der Waals surface area contributed by atoms with E-state index < -0.39 is 23.0 Å². The summed E-state index contributed by atoms with van der Waals surface area (Å²) in [5, 5.41) is -0.212. The average Bonchev–Trinajstić information content (AvgIpc) is 2.49. The highest BCUT2D eigenvalue weighted by atomic mass is 32.2. The number of sulfonamides is 1. The highest BCUT2D eigenvalue weighted by molar-refractivity contribution is 7.89. The lowest BCUT2D eigenvalue weighted by Crippen LogP contribution is -2.28. The number of nitrogens with zero attached hydrogens (tertiary/aromatic N) is 1. The third-order valence-corrected chi connectivity index (χ3v) is 2.73. The number of aromatic nitrogens is 2. The van der Waals surface area contributed by atoms with Crippen LogP contribution in [0.1, 0.15) is 5.82 Å². The summed E-state index contributed by atoms with van der Waals surface area (Å²) in [6, 6.07) is 0. The summed E-state index contributed by atoms with van der Waals surface area (Å²) in [6.45, 7) is 0.659. The minimum absolute atomic E-state index is 0.212. The van der Waals surface area contributed by atoms with Crippen LogP contribution < -0.4 is 4.72 Å². The standard InChI is InChI=1S/C6H9F2N3O2S/c1-4-9-3-6(11-4)14(12,13)10-2-5(7)8/h3,5,10H,2H2,1H3,(H,9,11). The number of nitrogens with one attached hydrogen (secondary N) is 2. The van der Waals surface area contributed by atoms with Crippen LogP contribution in [0.25, 0.3) is 0 Å². The largest absolute Gasteiger partial charge is 0.332 e. The molecule has 2 N–H and O–H groups in total. The van der Waals surface area contributed by atoms with Crippen molar-refractivity contribution in [3.8, 4) is 0 Å². The minimum Gasteiger partial charge on any atom is -0.332 e. The quantitative estimate of drug-likeness (QED) is 0.771. The Balaban J connectivity index is 2.76. The Labute approximate surface area is 79.6 Å². The molecule has 0 saturated heterocycles. The molecule has 1 heterocycles. The van der Waals surface area contributed by atoms with Gasteiger partial charge in [0.2, 0.25) is 0 Å². The topological polar surface area (TPSA) is 74.8 Å². The number of halogens is 2. The fourth-order valence-corrected chi connectivity index (χ4v) is 1.76. The lowest BCUT2D eigenvalue weighted by atomic mass is 10.7. The molecule has 1 rings (SSSR count). The molecule has 0 aliphatic heterocycles. The van der Waals surface area contributed by atoms with Gasteiger partial charge in [0.15, 0.2) is 5.03 Å². The number of H-pyrrole nitrogens is 1. The molecule has 0 bridgehead atoms. The molecule has 5 nitrogen and oxygen atoms in total. The van der Waals surface area contributed by atoms with Crippen molar-refractivity contribution in [1.29, 1.82) is 0 Å². The normalized spacial score (nSPS) is 12.3. The van der Waals surface area contributed by atoms with Gasteiger partial charge in [-0.2, -0.15) is 0 Å². The first-order valence-electron chi connectivity index (χ1n) is 3.71. The third kappa shape index (κ3) is 2.74. The van der Waals surface area contributed by atoms with Gasteiger partial charge in [-0.1, -0.05) is 0 Å². The van der Waals surface area contributed by atoms with Crippen LogP contribution >= 0.6 is 0 Å². The van der Waals surface area contributed by atoms with Crippen molar-refractivity contribution in [2.24, 2.45) is 0 Å². The molecule has 0 amide bonds. The summed E-state index contributed by atoms with van der Waals surface area (Å²) in [5.74, 6) is 0.405. The first-order chi connectivity index (χ1) is 6.42. The average molecular weight is 225 g/mol. The van der Waals surface area contributed by atoms with Crippen LogP contribution in [0.3, 0.4) is 0 Å². The van der Waals surface area contributed by atoms with Gasteiger partial charge in [0.05, 0.1) is 12.7 Å². The SMILES string of the molecule is Cc1ncc(S(=O)(=O)NCC(F)F)[nH]1. The second-order valence-electron chi connectivity index (χ2n) is 2.58. The summed E-state index contributed by atoms with van der Waals surface area (Å²) in [6.07, 6.45) is -1.64. The predicted octanol–water partition coefficient (Wildman–Crippen LogP) is 0.262. The summed E-state index contributed by atoms with van der Waals surface area (Å²) >= 11 is 0. The third-order valence-electron chi connectivity index (χ3n) is 1.40. The van der Waals surface area contributed by atoms with Gasteiger partial charge < -0.3 is 4.98 Å². The Bertz CT molecular complexity index is 401. The van der Waals surface area contributed by atoms with Crippen LogP contribution in [0.5, 0.6) is 0 Å². The van der Waals surface area contributed by atoms with Gasteiger partial charge in [-0.15, -0.1) is 0 Å². The zero-order valence-electron chi connectivity index (χ0n) is 7.29. The van der Waals surface area contributed by atoms with Gasteiger partial charge in [-0.25, -0.2) is 26.9 Å². The maximum absolute atomic E-state index is 11.7. The lowest BCUT2D eigenvalue weighted by molar-refractivity contribution is 0.153. The van der Waals surface area contributed by atoms with E-state index in [2.05, 4.69) is 9.97 Å². The molecule has 0 saturated carbocycles. The highest BCUT2D eigenvalue weighted by Crippen LogP contribution is 2.04. The maximum Gasteiger partial charge on any atom is 0.257 e. The van der Waals surface area contributed by atoms with Crippen LogP contribution in [-0.4, -0.2) is 31.4 Å². The van der Waals surface area contributed by atoms with Gasteiger partial charge in [-0.3, -0.25) is 0 Å². The van der Waals surface area contributed by atoms with E-state index in [0.29, 0.717) is 5.82 Å². The summed E-state index contributed by atoms with van der Waals surface area (Å²) in [5.41, 5.74) is 0. The molecule has 8 heteroatoms. The van der Waals surface area contributed by atoms with E-state index in [1.165, 1.54) is 0 Å². The second-order valence-corrected chi connectivity index (χ2v) is 4.31. The van der Waals surface area contributed by atoms with E-state index in [1.807, 2.05) is 0 Å². The molecule has 0 fully saturated rings. The van der Waals surface area contributed by atoms with Crippen molar-refractivity contribution in [3.05, 3.63) is 12.0 Å². The Morgan fingerprint density at radius 3 is 2.71 bits per heavy atom. The minimum atomic E-state index is -3.88. The summed E-state index contributed by atoms with van der Waals surface area (Å²) in [7, 11) is -3.88. The van der Waals surface area contributed by atoms with E-state index in [9.17, 15) is 17.2 Å². The van der Waals surface area contributed by atoms with Crippen molar-refractivity contribution in [1.82, 2.24) is 14.7 Å². The van der Waals surface area contributed by atoms with Crippen LogP contribution in [0.4, 0.5) is 8.78 Å². The van der Waals surface area contributed by atoms with Crippen LogP contribution in [0.2, 0.25) is 0 Å². The van der Waals surface area contributed by atoms with Crippen molar-refractivity contribution in [2.45, 2.75) is 18.4 Å². The Morgan fingerprint density at radius 2 is 2.29 bits per heavy atom. The zero-order chi connectivity index (χ0) is 10.8. The van der Waals surface area contributed by atoms with E-state index in [-0.39, 0.29) is 5.03 Å². The number of rotatable bonds is 4. The molecule has 80 valence electrons. The maximum atomic E-state index is 11.7. The lowest BCUT2D eigenvalue weighted by Gasteiger charge is -2.02. The molecule has 0 unspecified atom stereocenters. The van der Waals surface area contributed by atoms with Gasteiger partial charge in [-0.05, 0) is 6.92 Å². The van der Waals surface area contributed by atoms with Gasteiger partial charge >= 0.3 is 0 Å². The van der Waals surface area contributed by atoms with E-state index in [0.717, 1.165) is 6.20 Å². The van der Waals surface area contributed by atoms with Crippen molar-refractivity contribution in [2.75, 3.05) is 6.54 Å². The number of imidazole rings is 1. The second kappa shape index (κ2) is 4.01. The van der Waals surface area contributed by atoms with Crippen LogP contribution in [-0.2, 0) is 10.0 Å². The molecule has 1 aromatic rings. The van der Waals surface area contributed by atoms with Gasteiger partial charge in [0.25, 0.3) is 16.4 Å². The number of aromatic amines is 1. The van der Waals surface area contributed by atoms with Gasteiger partial charge in [0, 0.05) is 0 Å². The molecule has 14 heavy (non-hydrogen) atoms. The number of hydrogen-bond acceptors (Lipinski definition) is 3. The molecule has 0 radical (unpaired) electrons. The first-order valence-corrected chi connectivity index (χ1v) is 5.19. The van der Waals surface area contributed by atoms with Crippen molar-refractivity contribution >= 4 is 10.0 Å². The Hall–Kier alpha value is -1.02. The van der Waals surface area contributed by atoms with Crippen LogP contribution in [0.15, 0.2) is 11.2 Å². The number of alkyl halides is 2. The van der Waals surface area contributed by atoms with E-state index in [1.54, 1.807) is 11.6 Å². The molecular formula is C6H9F2N3O2S. The summed E-state index contributed by atoms with van der Waals surface area (Å²) < 4.78 is 47.7. The van der Waals surface area contributed by atoms with E-state index in [4.69, 9.17) is 0 Å². The summed E-state index contributed by atoms with van der Waals surface area (Å²) in [4.78, 5) is 6.08. The Morgan fingerprint density at radius 1 is 1.64 bits per heavy atom.